The third-order valence-electron chi connectivity index (χ3n) is 2.12. The molecule has 2 unspecified atom stereocenters. The number of aliphatic hydroxyl groups is 2. The molecule has 2 atom stereocenters. The predicted octanol–water partition coefficient (Wildman–Crippen LogP) is 0.888. The van der Waals surface area contributed by atoms with Gasteiger partial charge in [0.25, 0.3) is 0 Å². The largest absolute Gasteiger partial charge is 0.390 e. The summed E-state index contributed by atoms with van der Waals surface area (Å²) in [5.74, 6) is -2.97. The van der Waals surface area contributed by atoms with E-state index < -0.39 is 41.2 Å². The van der Waals surface area contributed by atoms with Crippen LogP contribution in [0.2, 0.25) is 5.02 Å². The molecule has 0 heterocycles. The first-order valence-corrected chi connectivity index (χ1v) is 4.99. The lowest BCUT2D eigenvalue weighted by atomic mass is 10.0. The maximum Gasteiger partial charge on any atom is 0.220 e. The maximum atomic E-state index is 13.1. The molecule has 0 aliphatic rings. The number of rotatable bonds is 4. The van der Waals surface area contributed by atoms with E-state index in [1.807, 2.05) is 0 Å². The summed E-state index contributed by atoms with van der Waals surface area (Å²) in [6.07, 6.45) is -3.68. The zero-order valence-electron chi connectivity index (χ0n) is 8.53. The third-order valence-corrected chi connectivity index (χ3v) is 2.48. The predicted molar refractivity (Wildman–Crippen MR) is 56.1 cm³/mol. The van der Waals surface area contributed by atoms with E-state index in [0.717, 1.165) is 12.1 Å². The van der Waals surface area contributed by atoms with Gasteiger partial charge in [-0.15, -0.1) is 0 Å². The number of carbonyl (C=O) groups excluding carboxylic acids is 1. The number of benzene rings is 1. The van der Waals surface area contributed by atoms with Gasteiger partial charge >= 0.3 is 0 Å². The Morgan fingerprint density at radius 1 is 1.35 bits per heavy atom. The van der Waals surface area contributed by atoms with E-state index in [0.29, 0.717) is 0 Å². The Morgan fingerprint density at radius 3 is 2.24 bits per heavy atom. The molecule has 0 saturated heterocycles. The lowest BCUT2D eigenvalue weighted by Gasteiger charge is -2.17. The lowest BCUT2D eigenvalue weighted by molar-refractivity contribution is -0.121. The van der Waals surface area contributed by atoms with Crippen LogP contribution in [0.4, 0.5) is 8.78 Å². The van der Waals surface area contributed by atoms with Crippen LogP contribution in [0.1, 0.15) is 18.1 Å². The first kappa shape index (κ1) is 13.8. The van der Waals surface area contributed by atoms with Crippen molar-refractivity contribution in [2.24, 2.45) is 5.73 Å². The van der Waals surface area contributed by atoms with Crippen LogP contribution in [0.5, 0.6) is 0 Å². The minimum Gasteiger partial charge on any atom is -0.390 e. The van der Waals surface area contributed by atoms with Gasteiger partial charge < -0.3 is 15.9 Å². The highest BCUT2D eigenvalue weighted by molar-refractivity contribution is 6.30. The van der Waals surface area contributed by atoms with Crippen LogP contribution < -0.4 is 5.73 Å². The third kappa shape index (κ3) is 3.36. The fraction of sp³-hybridized carbons (Fsp3) is 0.300. The van der Waals surface area contributed by atoms with E-state index in [1.165, 1.54) is 0 Å². The van der Waals surface area contributed by atoms with Crippen molar-refractivity contribution in [3.8, 4) is 0 Å². The Balaban J connectivity index is 2.96. The van der Waals surface area contributed by atoms with Crippen LogP contribution in [0, 0.1) is 11.6 Å². The van der Waals surface area contributed by atoms with Crippen LogP contribution in [-0.4, -0.2) is 22.2 Å². The van der Waals surface area contributed by atoms with Crippen molar-refractivity contribution < 1.29 is 23.8 Å². The van der Waals surface area contributed by atoms with Gasteiger partial charge in [-0.2, -0.15) is 0 Å². The molecule has 0 bridgehead atoms. The summed E-state index contributed by atoms with van der Waals surface area (Å²) < 4.78 is 26.1. The quantitative estimate of drug-likeness (QED) is 0.707. The highest BCUT2D eigenvalue weighted by atomic mass is 35.5. The van der Waals surface area contributed by atoms with Crippen molar-refractivity contribution in [2.75, 3.05) is 0 Å². The topological polar surface area (TPSA) is 83.6 Å². The van der Waals surface area contributed by atoms with Crippen molar-refractivity contribution >= 4 is 17.5 Å². The zero-order chi connectivity index (χ0) is 13.2. The van der Waals surface area contributed by atoms with Crippen LogP contribution in [0.3, 0.4) is 0 Å². The summed E-state index contributed by atoms with van der Waals surface area (Å²) in [5, 5.41) is 18.2. The molecule has 0 spiro atoms. The van der Waals surface area contributed by atoms with Crippen LogP contribution in [0.25, 0.3) is 0 Å². The number of hydrogen-bond donors (Lipinski definition) is 3. The second-order valence-corrected chi connectivity index (χ2v) is 3.86. The molecule has 0 fully saturated rings. The molecule has 1 amide bonds. The van der Waals surface area contributed by atoms with Crippen molar-refractivity contribution in [1.82, 2.24) is 0 Å². The van der Waals surface area contributed by atoms with Gasteiger partial charge in [0, 0.05) is 0 Å². The normalized spacial score (nSPS) is 14.4. The van der Waals surface area contributed by atoms with E-state index in [4.69, 9.17) is 17.3 Å². The first-order valence-electron chi connectivity index (χ1n) is 4.61. The van der Waals surface area contributed by atoms with Crippen LogP contribution >= 0.6 is 11.6 Å². The van der Waals surface area contributed by atoms with E-state index in [2.05, 4.69) is 0 Å². The number of hydrogen-bond acceptors (Lipinski definition) is 3. The van der Waals surface area contributed by atoms with Crippen LogP contribution in [-0.2, 0) is 4.79 Å². The molecule has 1 aromatic carbocycles. The molecule has 4 nitrogen and oxygen atoms in total. The summed E-state index contributed by atoms with van der Waals surface area (Å²) in [5.41, 5.74) is 4.59. The standard InChI is InChI=1S/C10H10ClF2NO3/c11-9-5(12)1-4(2-6(9)13)10(17)7(15)3-8(14)16/h1-2,7,10,15,17H,3H2,(H2,14,16). The SMILES string of the molecule is NC(=O)CC(O)C(O)c1cc(F)c(Cl)c(F)c1. The molecule has 4 N–H and O–H groups in total. The fourth-order valence-corrected chi connectivity index (χ4v) is 1.39. The summed E-state index contributed by atoms with van der Waals surface area (Å²) in [6, 6.07) is 1.56. The zero-order valence-corrected chi connectivity index (χ0v) is 9.29. The Kier molecular flexibility index (Phi) is 4.39. The number of nitrogens with two attached hydrogens (primary N) is 1. The molecule has 0 saturated carbocycles. The van der Waals surface area contributed by atoms with Crippen molar-refractivity contribution in [3.05, 3.63) is 34.4 Å². The molecule has 7 heteroatoms. The van der Waals surface area contributed by atoms with Crippen molar-refractivity contribution in [3.63, 3.8) is 0 Å². The van der Waals surface area contributed by atoms with Gasteiger partial charge in [-0.05, 0) is 17.7 Å². The van der Waals surface area contributed by atoms with Crippen molar-refractivity contribution in [2.45, 2.75) is 18.6 Å². The Labute approximate surface area is 101 Å². The number of carbonyl (C=O) groups is 1. The molecular weight excluding hydrogens is 256 g/mol. The average Bonchev–Trinajstić information content (AvgIpc) is 2.23. The Hall–Kier alpha value is -1.24. The molecule has 0 aliphatic carbocycles. The highest BCUT2D eigenvalue weighted by Crippen LogP contribution is 2.26. The smallest absolute Gasteiger partial charge is 0.220 e. The van der Waals surface area contributed by atoms with Gasteiger partial charge in [0.1, 0.15) is 22.8 Å². The van der Waals surface area contributed by atoms with E-state index in [-0.39, 0.29) is 5.56 Å². The fourth-order valence-electron chi connectivity index (χ4n) is 1.29. The summed E-state index contributed by atoms with van der Waals surface area (Å²) in [6.45, 7) is 0. The first-order chi connectivity index (χ1) is 7.82. The summed E-state index contributed by atoms with van der Waals surface area (Å²) in [7, 11) is 0. The van der Waals surface area contributed by atoms with Crippen LogP contribution in [0.15, 0.2) is 12.1 Å². The monoisotopic (exact) mass is 265 g/mol. The Bertz CT molecular complexity index is 419. The molecule has 0 radical (unpaired) electrons. The molecular formula is C10H10ClF2NO3. The highest BCUT2D eigenvalue weighted by Gasteiger charge is 2.22. The molecule has 0 aromatic heterocycles. The minimum atomic E-state index is -1.62. The molecule has 0 aliphatic heterocycles. The van der Waals surface area contributed by atoms with E-state index in [9.17, 15) is 23.8 Å². The molecule has 17 heavy (non-hydrogen) atoms. The second kappa shape index (κ2) is 5.39. The number of aliphatic hydroxyl groups excluding tert-OH is 2. The van der Waals surface area contributed by atoms with Gasteiger partial charge in [0.05, 0.1) is 12.5 Å². The summed E-state index contributed by atoms with van der Waals surface area (Å²) in [4.78, 5) is 10.5. The molecule has 94 valence electrons. The minimum absolute atomic E-state index is 0.224. The number of halogens is 3. The number of amides is 1. The molecule has 1 aromatic rings. The van der Waals surface area contributed by atoms with Gasteiger partial charge in [-0.25, -0.2) is 8.78 Å². The van der Waals surface area contributed by atoms with Gasteiger partial charge in [-0.3, -0.25) is 4.79 Å². The summed E-state index contributed by atoms with van der Waals surface area (Å²) >= 11 is 5.25. The molecule has 1 rings (SSSR count). The van der Waals surface area contributed by atoms with Crippen molar-refractivity contribution in [1.29, 1.82) is 0 Å². The lowest BCUT2D eigenvalue weighted by Crippen LogP contribution is -2.25. The average molecular weight is 266 g/mol. The van der Waals surface area contributed by atoms with Gasteiger partial charge in [0.2, 0.25) is 5.91 Å². The van der Waals surface area contributed by atoms with E-state index >= 15 is 0 Å². The maximum absolute atomic E-state index is 13.1. The van der Waals surface area contributed by atoms with E-state index in [1.54, 1.807) is 0 Å². The Morgan fingerprint density at radius 2 is 1.82 bits per heavy atom. The second-order valence-electron chi connectivity index (χ2n) is 3.48. The number of primary amides is 1. The van der Waals surface area contributed by atoms with Gasteiger partial charge in [0.15, 0.2) is 0 Å². The van der Waals surface area contributed by atoms with Gasteiger partial charge in [-0.1, -0.05) is 11.6 Å².